The van der Waals surface area contributed by atoms with E-state index in [9.17, 15) is 19.5 Å². The molecule has 7 nitrogen and oxygen atoms in total. The lowest BCUT2D eigenvalue weighted by Crippen LogP contribution is -2.52. The molecule has 1 aliphatic heterocycles. The highest BCUT2D eigenvalue weighted by Gasteiger charge is 2.37. The molecule has 1 aliphatic rings. The molecule has 8 heteroatoms. The van der Waals surface area contributed by atoms with E-state index < -0.39 is 29.9 Å². The topological polar surface area (TPSA) is 95.9 Å². The number of carbonyl (C=O) groups is 3. The normalized spacial score (nSPS) is 16.9. The number of ether oxygens (including phenoxy) is 1. The minimum atomic E-state index is -1.14. The molecule has 27 heavy (non-hydrogen) atoms. The zero-order valence-corrected chi connectivity index (χ0v) is 15.4. The van der Waals surface area contributed by atoms with Crippen LogP contribution in [-0.2, 0) is 9.59 Å². The number of anilines is 2. The monoisotopic (exact) mass is 388 g/mol. The second kappa shape index (κ2) is 7.28. The molecule has 2 N–H and O–H groups in total. The third-order valence-corrected chi connectivity index (χ3v) is 4.58. The number of carbonyl (C=O) groups excluding carboxylic acids is 2. The van der Waals surface area contributed by atoms with Gasteiger partial charge in [-0.2, -0.15) is 0 Å². The van der Waals surface area contributed by atoms with Crippen LogP contribution < -0.4 is 15.0 Å². The van der Waals surface area contributed by atoms with E-state index in [4.69, 9.17) is 16.3 Å². The first-order valence-corrected chi connectivity index (χ1v) is 8.60. The number of rotatable bonds is 4. The largest absolute Gasteiger partial charge is 0.479 e. The molecule has 0 aromatic heterocycles. The molecule has 2 aromatic rings. The van der Waals surface area contributed by atoms with E-state index in [0.717, 1.165) is 0 Å². The van der Waals surface area contributed by atoms with Crippen LogP contribution in [-0.4, -0.2) is 35.0 Å². The summed E-state index contributed by atoms with van der Waals surface area (Å²) in [7, 11) is 0. The smallest absolute Gasteiger partial charge is 0.335 e. The third-order valence-electron chi connectivity index (χ3n) is 4.25. The van der Waals surface area contributed by atoms with Gasteiger partial charge in [0.2, 0.25) is 5.91 Å². The number of para-hydroxylation sites is 1. The van der Waals surface area contributed by atoms with Crippen molar-refractivity contribution in [3.63, 3.8) is 0 Å². The number of hydrogen-bond donors (Lipinski definition) is 2. The van der Waals surface area contributed by atoms with Crippen molar-refractivity contribution in [2.75, 3.05) is 10.2 Å². The summed E-state index contributed by atoms with van der Waals surface area (Å²) in [5, 5.41) is 12.3. The summed E-state index contributed by atoms with van der Waals surface area (Å²) in [4.78, 5) is 37.9. The maximum absolute atomic E-state index is 12.7. The van der Waals surface area contributed by atoms with Gasteiger partial charge in [-0.1, -0.05) is 23.7 Å². The number of carboxylic acids is 1. The van der Waals surface area contributed by atoms with Crippen molar-refractivity contribution in [3.8, 4) is 5.75 Å². The highest BCUT2D eigenvalue weighted by atomic mass is 35.5. The van der Waals surface area contributed by atoms with Gasteiger partial charge in [0, 0.05) is 0 Å². The SMILES string of the molecule is CC1Oc2ccc(C(=O)O)cc2N(C(C)C(=O)Nc2ccccc2Cl)C1=O. The third kappa shape index (κ3) is 3.59. The van der Waals surface area contributed by atoms with Gasteiger partial charge in [-0.3, -0.25) is 14.5 Å². The van der Waals surface area contributed by atoms with Crippen molar-refractivity contribution in [1.82, 2.24) is 0 Å². The lowest BCUT2D eigenvalue weighted by atomic mass is 10.1. The van der Waals surface area contributed by atoms with Gasteiger partial charge < -0.3 is 15.2 Å². The Labute approximate surface area is 160 Å². The Bertz CT molecular complexity index is 930. The van der Waals surface area contributed by atoms with Gasteiger partial charge >= 0.3 is 5.97 Å². The van der Waals surface area contributed by atoms with Gasteiger partial charge in [-0.05, 0) is 44.2 Å². The Morgan fingerprint density at radius 1 is 1.26 bits per heavy atom. The van der Waals surface area contributed by atoms with Gasteiger partial charge in [0.1, 0.15) is 11.8 Å². The van der Waals surface area contributed by atoms with Gasteiger partial charge in [0.15, 0.2) is 6.10 Å². The highest BCUT2D eigenvalue weighted by Crippen LogP contribution is 2.36. The van der Waals surface area contributed by atoms with Crippen molar-refractivity contribution in [2.24, 2.45) is 0 Å². The lowest BCUT2D eigenvalue weighted by molar-refractivity contribution is -0.128. The summed E-state index contributed by atoms with van der Waals surface area (Å²) >= 11 is 6.07. The minimum absolute atomic E-state index is 0.0107. The number of halogens is 1. The van der Waals surface area contributed by atoms with Crippen LogP contribution in [0.4, 0.5) is 11.4 Å². The van der Waals surface area contributed by atoms with Crippen LogP contribution in [0, 0.1) is 0 Å². The number of carboxylic acid groups (broad SMARTS) is 1. The van der Waals surface area contributed by atoms with Gasteiger partial charge in [-0.25, -0.2) is 4.79 Å². The number of benzene rings is 2. The Morgan fingerprint density at radius 3 is 2.63 bits per heavy atom. The number of fused-ring (bicyclic) bond motifs is 1. The summed E-state index contributed by atoms with van der Waals surface area (Å²) < 4.78 is 5.54. The summed E-state index contributed by atoms with van der Waals surface area (Å²) in [6.45, 7) is 3.13. The quantitative estimate of drug-likeness (QED) is 0.838. The Morgan fingerprint density at radius 2 is 1.96 bits per heavy atom. The summed E-state index contributed by atoms with van der Waals surface area (Å²) in [5.74, 6) is -1.70. The van der Waals surface area contributed by atoms with Crippen molar-refractivity contribution in [2.45, 2.75) is 26.0 Å². The molecule has 2 amide bonds. The van der Waals surface area contributed by atoms with Crippen LogP contribution in [0.5, 0.6) is 5.75 Å². The molecule has 2 unspecified atom stereocenters. The van der Waals surface area contributed by atoms with Crippen molar-refractivity contribution >= 4 is 40.8 Å². The fourth-order valence-corrected chi connectivity index (χ4v) is 2.99. The van der Waals surface area contributed by atoms with E-state index in [0.29, 0.717) is 16.5 Å². The first-order valence-electron chi connectivity index (χ1n) is 8.22. The molecule has 0 aliphatic carbocycles. The zero-order chi connectivity index (χ0) is 19.7. The molecule has 2 atom stereocenters. The van der Waals surface area contributed by atoms with Crippen LogP contribution in [0.15, 0.2) is 42.5 Å². The Hall–Kier alpha value is -3.06. The van der Waals surface area contributed by atoms with Crippen molar-refractivity contribution in [3.05, 3.63) is 53.1 Å². The first-order chi connectivity index (χ1) is 12.8. The van der Waals surface area contributed by atoms with Crippen LogP contribution in [0.25, 0.3) is 0 Å². The van der Waals surface area contributed by atoms with Crippen LogP contribution >= 0.6 is 11.6 Å². The predicted molar refractivity (Wildman–Crippen MR) is 101 cm³/mol. The van der Waals surface area contributed by atoms with E-state index in [1.54, 1.807) is 38.1 Å². The molecule has 2 aromatic carbocycles. The fourth-order valence-electron chi connectivity index (χ4n) is 2.81. The number of nitrogens with zero attached hydrogens (tertiary/aromatic N) is 1. The zero-order valence-electron chi connectivity index (χ0n) is 14.6. The molecule has 140 valence electrons. The molecule has 0 saturated carbocycles. The molecular weight excluding hydrogens is 372 g/mol. The van der Waals surface area contributed by atoms with E-state index in [1.807, 2.05) is 0 Å². The number of aromatic carboxylic acids is 1. The molecule has 0 spiro atoms. The van der Waals surface area contributed by atoms with Gasteiger partial charge in [-0.15, -0.1) is 0 Å². The van der Waals surface area contributed by atoms with Crippen LogP contribution in [0.1, 0.15) is 24.2 Å². The summed E-state index contributed by atoms with van der Waals surface area (Å²) in [6, 6.07) is 10.0. The molecule has 1 heterocycles. The maximum atomic E-state index is 12.7. The Kier molecular flexibility index (Phi) is 5.05. The van der Waals surface area contributed by atoms with Crippen molar-refractivity contribution < 1.29 is 24.2 Å². The van der Waals surface area contributed by atoms with Crippen LogP contribution in [0.2, 0.25) is 5.02 Å². The Balaban J connectivity index is 1.95. The molecule has 0 bridgehead atoms. The van der Waals surface area contributed by atoms with Crippen molar-refractivity contribution in [1.29, 1.82) is 0 Å². The van der Waals surface area contributed by atoms with Gasteiger partial charge in [0.25, 0.3) is 5.91 Å². The molecule has 0 radical (unpaired) electrons. The first kappa shape index (κ1) is 18.7. The minimum Gasteiger partial charge on any atom is -0.479 e. The van der Waals surface area contributed by atoms with Gasteiger partial charge in [0.05, 0.1) is 22.0 Å². The average molecular weight is 389 g/mol. The molecule has 0 saturated heterocycles. The molecule has 3 rings (SSSR count). The number of amides is 2. The fraction of sp³-hybridized carbons (Fsp3) is 0.211. The van der Waals surface area contributed by atoms with Crippen LogP contribution in [0.3, 0.4) is 0 Å². The average Bonchev–Trinajstić information content (AvgIpc) is 2.63. The second-order valence-electron chi connectivity index (χ2n) is 6.10. The molecule has 0 fully saturated rings. The second-order valence-corrected chi connectivity index (χ2v) is 6.51. The summed E-state index contributed by atoms with van der Waals surface area (Å²) in [6.07, 6.45) is -0.802. The highest BCUT2D eigenvalue weighted by molar-refractivity contribution is 6.33. The van der Waals surface area contributed by atoms with E-state index in [1.165, 1.54) is 23.1 Å². The van der Waals surface area contributed by atoms with E-state index in [2.05, 4.69) is 5.32 Å². The molecular formula is C19H17ClN2O5. The van der Waals surface area contributed by atoms with E-state index in [-0.39, 0.29) is 11.3 Å². The number of hydrogen-bond acceptors (Lipinski definition) is 4. The maximum Gasteiger partial charge on any atom is 0.335 e. The predicted octanol–water partition coefficient (Wildman–Crippen LogP) is 3.18. The number of nitrogens with one attached hydrogen (secondary N) is 1. The lowest BCUT2D eigenvalue weighted by Gasteiger charge is -2.36. The summed E-state index contributed by atoms with van der Waals surface area (Å²) in [5.41, 5.74) is 0.646. The standard InChI is InChI=1S/C19H17ClN2O5/c1-10(17(23)21-14-6-4-3-5-13(14)20)22-15-9-12(19(25)26)7-8-16(15)27-11(2)18(22)24/h3-11H,1-2H3,(H,21,23)(H,25,26). The van der Waals surface area contributed by atoms with E-state index >= 15 is 0 Å².